The van der Waals surface area contributed by atoms with E-state index in [-0.39, 0.29) is 4.90 Å². The second kappa shape index (κ2) is 6.54. The van der Waals surface area contributed by atoms with Crippen LogP contribution in [0.2, 0.25) is 0 Å². The van der Waals surface area contributed by atoms with E-state index in [1.54, 1.807) is 12.1 Å². The molecule has 3 heterocycles. The summed E-state index contributed by atoms with van der Waals surface area (Å²) in [5, 5.41) is 0.765. The topological polar surface area (TPSA) is 67.6 Å². The Kier molecular flexibility index (Phi) is 4.62. The maximum atomic E-state index is 12.0. The largest absolute Gasteiger partial charge is 0.307 e. The molecule has 24 heavy (non-hydrogen) atoms. The lowest BCUT2D eigenvalue weighted by atomic mass is 10.3. The van der Waals surface area contributed by atoms with Crippen LogP contribution in [0.25, 0.3) is 5.65 Å². The fourth-order valence-electron chi connectivity index (χ4n) is 2.19. The standard InChI is InChI=1S/C16H18N4O2S2/c1-12-4-6-15-18-13(10-20(15)9-12)11-23-16-7-5-14(8-17-16)24(21,22)19(2)3/h4-10H,11H2,1-3H3. The lowest BCUT2D eigenvalue weighted by Gasteiger charge is -2.10. The van der Waals surface area contributed by atoms with Crippen LogP contribution in [-0.4, -0.2) is 41.2 Å². The first-order valence-corrected chi connectivity index (χ1v) is 9.74. The molecule has 0 aromatic carbocycles. The van der Waals surface area contributed by atoms with Gasteiger partial charge >= 0.3 is 0 Å². The Labute approximate surface area is 145 Å². The highest BCUT2D eigenvalue weighted by Crippen LogP contribution is 2.22. The van der Waals surface area contributed by atoms with Crippen molar-refractivity contribution in [2.24, 2.45) is 0 Å². The number of nitrogens with zero attached hydrogens (tertiary/aromatic N) is 4. The van der Waals surface area contributed by atoms with Gasteiger partial charge in [0.15, 0.2) is 0 Å². The van der Waals surface area contributed by atoms with E-state index in [0.717, 1.165) is 16.4 Å². The maximum absolute atomic E-state index is 12.0. The molecule has 0 aliphatic heterocycles. The van der Waals surface area contributed by atoms with Crippen molar-refractivity contribution >= 4 is 27.4 Å². The quantitative estimate of drug-likeness (QED) is 0.653. The summed E-state index contributed by atoms with van der Waals surface area (Å²) in [5.41, 5.74) is 3.05. The van der Waals surface area contributed by atoms with Crippen LogP contribution in [0.5, 0.6) is 0 Å². The molecule has 0 amide bonds. The minimum atomic E-state index is -3.44. The highest BCUT2D eigenvalue weighted by Gasteiger charge is 2.17. The number of thioether (sulfide) groups is 1. The maximum Gasteiger partial charge on any atom is 0.244 e. The van der Waals surface area contributed by atoms with Crippen LogP contribution >= 0.6 is 11.8 Å². The summed E-state index contributed by atoms with van der Waals surface area (Å²) in [4.78, 5) is 8.99. The second-order valence-corrected chi connectivity index (χ2v) is 8.76. The molecular formula is C16H18N4O2S2. The third-order valence-electron chi connectivity index (χ3n) is 3.50. The number of aromatic nitrogens is 3. The van der Waals surface area contributed by atoms with E-state index in [1.807, 2.05) is 35.9 Å². The number of imidazole rings is 1. The molecule has 6 nitrogen and oxygen atoms in total. The van der Waals surface area contributed by atoms with Gasteiger partial charge in [0, 0.05) is 38.4 Å². The lowest BCUT2D eigenvalue weighted by molar-refractivity contribution is 0.520. The second-order valence-electron chi connectivity index (χ2n) is 5.61. The van der Waals surface area contributed by atoms with E-state index in [4.69, 9.17) is 0 Å². The number of hydrogen-bond acceptors (Lipinski definition) is 5. The van der Waals surface area contributed by atoms with Crippen molar-refractivity contribution in [1.82, 2.24) is 18.7 Å². The molecule has 126 valence electrons. The van der Waals surface area contributed by atoms with E-state index in [9.17, 15) is 8.42 Å². The van der Waals surface area contributed by atoms with Crippen LogP contribution in [0.15, 0.2) is 52.8 Å². The van der Waals surface area contributed by atoms with E-state index in [1.165, 1.54) is 41.9 Å². The number of aryl methyl sites for hydroxylation is 1. The van der Waals surface area contributed by atoms with Crippen molar-refractivity contribution < 1.29 is 8.42 Å². The van der Waals surface area contributed by atoms with Gasteiger partial charge in [-0.05, 0) is 30.7 Å². The molecule has 0 atom stereocenters. The lowest BCUT2D eigenvalue weighted by Crippen LogP contribution is -2.22. The molecule has 0 spiro atoms. The average molecular weight is 362 g/mol. The zero-order chi connectivity index (χ0) is 17.3. The van der Waals surface area contributed by atoms with Gasteiger partial charge in [-0.1, -0.05) is 17.8 Å². The molecule has 0 aliphatic carbocycles. The van der Waals surface area contributed by atoms with Crippen LogP contribution in [0, 0.1) is 6.92 Å². The molecule has 0 radical (unpaired) electrons. The number of rotatable bonds is 5. The van der Waals surface area contributed by atoms with Crippen LogP contribution < -0.4 is 0 Å². The fourth-order valence-corrected chi connectivity index (χ4v) is 3.76. The summed E-state index contributed by atoms with van der Waals surface area (Å²) >= 11 is 1.53. The van der Waals surface area contributed by atoms with Gasteiger partial charge in [0.1, 0.15) is 10.5 Å². The summed E-state index contributed by atoms with van der Waals surface area (Å²) in [6.45, 7) is 2.04. The van der Waals surface area contributed by atoms with Gasteiger partial charge in [-0.25, -0.2) is 22.7 Å². The fraction of sp³-hybridized carbons (Fsp3) is 0.250. The van der Waals surface area contributed by atoms with Gasteiger partial charge in [-0.3, -0.25) is 0 Å². The van der Waals surface area contributed by atoms with Crippen molar-refractivity contribution in [3.8, 4) is 0 Å². The van der Waals surface area contributed by atoms with Gasteiger partial charge in [0.05, 0.1) is 10.7 Å². The van der Waals surface area contributed by atoms with Crippen LogP contribution in [0.3, 0.4) is 0 Å². The van der Waals surface area contributed by atoms with E-state index in [0.29, 0.717) is 5.75 Å². The molecule has 3 rings (SSSR count). The molecule has 0 N–H and O–H groups in total. The number of sulfonamides is 1. The highest BCUT2D eigenvalue weighted by atomic mass is 32.2. The Morgan fingerprint density at radius 3 is 2.62 bits per heavy atom. The van der Waals surface area contributed by atoms with Crippen molar-refractivity contribution in [1.29, 1.82) is 0 Å². The Balaban J connectivity index is 1.72. The first-order chi connectivity index (χ1) is 11.4. The summed E-state index contributed by atoms with van der Waals surface area (Å²) in [7, 11) is -0.430. The van der Waals surface area contributed by atoms with Crippen molar-refractivity contribution in [2.75, 3.05) is 14.1 Å². The minimum absolute atomic E-state index is 0.194. The van der Waals surface area contributed by atoms with Crippen LogP contribution in [0.4, 0.5) is 0 Å². The smallest absolute Gasteiger partial charge is 0.244 e. The molecule has 8 heteroatoms. The Morgan fingerprint density at radius 2 is 1.96 bits per heavy atom. The van der Waals surface area contributed by atoms with E-state index < -0.39 is 10.0 Å². The SMILES string of the molecule is Cc1ccc2nc(CSc3ccc(S(=O)(=O)N(C)C)cn3)cn2c1. The van der Waals surface area contributed by atoms with Crippen LogP contribution in [-0.2, 0) is 15.8 Å². The van der Waals surface area contributed by atoms with E-state index >= 15 is 0 Å². The molecule has 3 aromatic rings. The van der Waals surface area contributed by atoms with Crippen LogP contribution in [0.1, 0.15) is 11.3 Å². The first-order valence-electron chi connectivity index (χ1n) is 7.32. The number of hydrogen-bond donors (Lipinski definition) is 0. The molecule has 0 saturated heterocycles. The Hall–Kier alpha value is -1.90. The zero-order valence-corrected chi connectivity index (χ0v) is 15.3. The van der Waals surface area contributed by atoms with Crippen molar-refractivity contribution in [3.63, 3.8) is 0 Å². The van der Waals surface area contributed by atoms with Gasteiger partial charge in [-0.15, -0.1) is 0 Å². The summed E-state index contributed by atoms with van der Waals surface area (Å²) in [6.07, 6.45) is 5.43. The Bertz CT molecular complexity index is 963. The minimum Gasteiger partial charge on any atom is -0.307 e. The Morgan fingerprint density at radius 1 is 1.17 bits per heavy atom. The van der Waals surface area contributed by atoms with Gasteiger partial charge < -0.3 is 4.40 Å². The van der Waals surface area contributed by atoms with E-state index in [2.05, 4.69) is 9.97 Å². The van der Waals surface area contributed by atoms with Crippen molar-refractivity contribution in [2.45, 2.75) is 22.6 Å². The normalized spacial score (nSPS) is 12.2. The predicted octanol–water partition coefficient (Wildman–Crippen LogP) is 2.58. The number of pyridine rings is 2. The molecule has 0 saturated carbocycles. The third-order valence-corrected chi connectivity index (χ3v) is 6.28. The average Bonchev–Trinajstić information content (AvgIpc) is 2.95. The zero-order valence-electron chi connectivity index (χ0n) is 13.7. The molecule has 3 aromatic heterocycles. The third kappa shape index (κ3) is 3.45. The summed E-state index contributed by atoms with van der Waals surface area (Å²) in [6, 6.07) is 7.33. The monoisotopic (exact) mass is 362 g/mol. The van der Waals surface area contributed by atoms with Crippen molar-refractivity contribution in [3.05, 3.63) is 54.1 Å². The summed E-state index contributed by atoms with van der Waals surface area (Å²) < 4.78 is 27.2. The molecule has 0 fully saturated rings. The highest BCUT2D eigenvalue weighted by molar-refractivity contribution is 7.98. The molecule has 0 aliphatic rings. The number of fused-ring (bicyclic) bond motifs is 1. The molecule has 0 bridgehead atoms. The molecule has 0 unspecified atom stereocenters. The van der Waals surface area contributed by atoms with Gasteiger partial charge in [-0.2, -0.15) is 0 Å². The van der Waals surface area contributed by atoms with Gasteiger partial charge in [0.2, 0.25) is 10.0 Å². The summed E-state index contributed by atoms with van der Waals surface area (Å²) in [5.74, 6) is 0.674. The predicted molar refractivity (Wildman–Crippen MR) is 94.6 cm³/mol. The molecular weight excluding hydrogens is 344 g/mol. The van der Waals surface area contributed by atoms with Gasteiger partial charge in [0.25, 0.3) is 0 Å². The first kappa shape index (κ1) is 16.9.